The van der Waals surface area contributed by atoms with Crippen LogP contribution >= 0.6 is 15.9 Å². The summed E-state index contributed by atoms with van der Waals surface area (Å²) in [6.45, 7) is 1.05. The summed E-state index contributed by atoms with van der Waals surface area (Å²) in [6.07, 6.45) is 4.78. The molecule has 0 aliphatic heterocycles. The van der Waals surface area contributed by atoms with Crippen LogP contribution in [0.4, 0.5) is 5.69 Å². The molecule has 0 unspecified atom stereocenters. The Kier molecular flexibility index (Phi) is 4.82. The molecular weight excluding hydrogens is 306 g/mol. The van der Waals surface area contributed by atoms with Crippen LogP contribution in [0.5, 0.6) is 0 Å². The molecule has 0 spiro atoms. The number of rotatable bonds is 5. The molecule has 1 aliphatic carbocycles. The molecule has 4 N–H and O–H groups in total. The Labute approximate surface area is 122 Å². The van der Waals surface area contributed by atoms with Gasteiger partial charge in [-0.1, -0.05) is 18.9 Å². The third-order valence-corrected chi connectivity index (χ3v) is 4.37. The monoisotopic (exact) mass is 325 g/mol. The fraction of sp³-hybridized carbons (Fsp3) is 0.500. The van der Waals surface area contributed by atoms with Crippen LogP contribution in [-0.4, -0.2) is 23.4 Å². The fourth-order valence-electron chi connectivity index (χ4n) is 2.71. The summed E-state index contributed by atoms with van der Waals surface area (Å²) in [5.74, 6) is -0.267. The van der Waals surface area contributed by atoms with Crippen molar-refractivity contribution in [1.29, 1.82) is 0 Å². The van der Waals surface area contributed by atoms with E-state index in [1.54, 1.807) is 0 Å². The van der Waals surface area contributed by atoms with Gasteiger partial charge < -0.3 is 11.5 Å². The lowest BCUT2D eigenvalue weighted by Gasteiger charge is -2.27. The van der Waals surface area contributed by atoms with Crippen molar-refractivity contribution >= 4 is 27.5 Å². The van der Waals surface area contributed by atoms with Crippen molar-refractivity contribution in [1.82, 2.24) is 4.90 Å². The van der Waals surface area contributed by atoms with Crippen molar-refractivity contribution < 1.29 is 4.79 Å². The van der Waals surface area contributed by atoms with E-state index in [1.165, 1.54) is 12.8 Å². The Morgan fingerprint density at radius 3 is 2.63 bits per heavy atom. The molecule has 0 atom stereocenters. The van der Waals surface area contributed by atoms with Gasteiger partial charge in [0, 0.05) is 22.7 Å². The molecule has 1 aromatic carbocycles. The lowest BCUT2D eigenvalue weighted by molar-refractivity contribution is -0.119. The predicted octanol–water partition coefficient (Wildman–Crippen LogP) is 2.26. The zero-order valence-electron chi connectivity index (χ0n) is 10.9. The molecule has 0 radical (unpaired) electrons. The summed E-state index contributed by atoms with van der Waals surface area (Å²) in [6, 6.07) is 6.40. The second-order valence-corrected chi connectivity index (χ2v) is 6.02. The predicted molar refractivity (Wildman–Crippen MR) is 80.4 cm³/mol. The normalized spacial score (nSPS) is 16.1. The van der Waals surface area contributed by atoms with Crippen molar-refractivity contribution in [3.05, 3.63) is 28.2 Å². The van der Waals surface area contributed by atoms with Gasteiger partial charge >= 0.3 is 0 Å². The topological polar surface area (TPSA) is 72.4 Å². The summed E-state index contributed by atoms with van der Waals surface area (Å²) >= 11 is 3.39. The smallest absolute Gasteiger partial charge is 0.231 e. The molecule has 104 valence electrons. The molecule has 2 rings (SSSR count). The van der Waals surface area contributed by atoms with E-state index in [2.05, 4.69) is 20.8 Å². The van der Waals surface area contributed by atoms with E-state index in [4.69, 9.17) is 11.5 Å². The van der Waals surface area contributed by atoms with Gasteiger partial charge in [0.05, 0.1) is 6.54 Å². The maximum Gasteiger partial charge on any atom is 0.231 e. The maximum absolute atomic E-state index is 11.2. The van der Waals surface area contributed by atoms with Crippen molar-refractivity contribution in [2.24, 2.45) is 5.73 Å². The van der Waals surface area contributed by atoms with Crippen LogP contribution in [0.15, 0.2) is 22.7 Å². The number of nitrogen functional groups attached to an aromatic ring is 1. The highest BCUT2D eigenvalue weighted by molar-refractivity contribution is 9.10. The second kappa shape index (κ2) is 6.39. The second-order valence-electron chi connectivity index (χ2n) is 5.17. The summed E-state index contributed by atoms with van der Waals surface area (Å²) < 4.78 is 0.901. The molecule has 4 nitrogen and oxygen atoms in total. The summed E-state index contributed by atoms with van der Waals surface area (Å²) in [5.41, 5.74) is 13.1. The number of primary amides is 1. The molecule has 1 amide bonds. The first kappa shape index (κ1) is 14.3. The Morgan fingerprint density at radius 1 is 1.37 bits per heavy atom. The minimum atomic E-state index is -0.267. The molecule has 0 aromatic heterocycles. The summed E-state index contributed by atoms with van der Waals surface area (Å²) in [7, 11) is 0. The first-order valence-corrected chi connectivity index (χ1v) is 7.42. The Bertz CT molecular complexity index is 458. The van der Waals surface area contributed by atoms with E-state index in [0.29, 0.717) is 12.6 Å². The Hall–Kier alpha value is -1.07. The average Bonchev–Trinajstić information content (AvgIpc) is 2.86. The summed E-state index contributed by atoms with van der Waals surface area (Å²) in [4.78, 5) is 13.4. The number of carbonyl (C=O) groups excluding carboxylic acids is 1. The van der Waals surface area contributed by atoms with Crippen molar-refractivity contribution in [2.45, 2.75) is 38.3 Å². The molecule has 0 bridgehead atoms. The van der Waals surface area contributed by atoms with E-state index < -0.39 is 0 Å². The van der Waals surface area contributed by atoms with Crippen LogP contribution in [0, 0.1) is 0 Å². The number of anilines is 1. The van der Waals surface area contributed by atoms with Gasteiger partial charge in [-0.3, -0.25) is 9.69 Å². The largest absolute Gasteiger partial charge is 0.398 e. The lowest BCUT2D eigenvalue weighted by Crippen LogP contribution is -2.39. The van der Waals surface area contributed by atoms with Crippen LogP contribution < -0.4 is 11.5 Å². The van der Waals surface area contributed by atoms with Crippen LogP contribution in [0.25, 0.3) is 0 Å². The van der Waals surface area contributed by atoms with Crippen LogP contribution in [0.1, 0.15) is 31.2 Å². The van der Waals surface area contributed by atoms with Crippen LogP contribution in [0.2, 0.25) is 0 Å². The molecule has 0 heterocycles. The Morgan fingerprint density at radius 2 is 2.05 bits per heavy atom. The minimum absolute atomic E-state index is 0.267. The number of benzene rings is 1. The summed E-state index contributed by atoms with van der Waals surface area (Å²) in [5, 5.41) is 0. The SMILES string of the molecule is NC(=O)CN(Cc1ccc(Br)c(N)c1)C1CCCC1. The number of nitrogens with two attached hydrogens (primary N) is 2. The third kappa shape index (κ3) is 3.94. The van der Waals surface area contributed by atoms with Gasteiger partial charge in [-0.25, -0.2) is 0 Å². The standard InChI is InChI=1S/C14H20BrN3O/c15-12-6-5-10(7-13(12)16)8-18(9-14(17)19)11-3-1-2-4-11/h5-7,11H,1-4,8-9,16H2,(H2,17,19). The van der Waals surface area contributed by atoms with Crippen molar-refractivity contribution in [2.75, 3.05) is 12.3 Å². The van der Waals surface area contributed by atoms with E-state index in [-0.39, 0.29) is 5.91 Å². The van der Waals surface area contributed by atoms with Gasteiger partial charge in [0.1, 0.15) is 0 Å². The van der Waals surface area contributed by atoms with Gasteiger partial charge in [-0.2, -0.15) is 0 Å². The highest BCUT2D eigenvalue weighted by Gasteiger charge is 2.23. The van der Waals surface area contributed by atoms with Gasteiger partial charge in [0.25, 0.3) is 0 Å². The zero-order valence-corrected chi connectivity index (χ0v) is 12.5. The first-order valence-electron chi connectivity index (χ1n) is 6.62. The average molecular weight is 326 g/mol. The van der Waals surface area contributed by atoms with E-state index in [9.17, 15) is 4.79 Å². The van der Waals surface area contributed by atoms with Gasteiger partial charge in [0.2, 0.25) is 5.91 Å². The van der Waals surface area contributed by atoms with E-state index in [1.807, 2.05) is 18.2 Å². The van der Waals surface area contributed by atoms with Crippen molar-refractivity contribution in [3.63, 3.8) is 0 Å². The highest BCUT2D eigenvalue weighted by atomic mass is 79.9. The quantitative estimate of drug-likeness (QED) is 0.815. The molecular formula is C14H20BrN3O. The molecule has 1 aromatic rings. The molecule has 1 fully saturated rings. The molecule has 1 aliphatic rings. The fourth-order valence-corrected chi connectivity index (χ4v) is 2.96. The van der Waals surface area contributed by atoms with Crippen LogP contribution in [0.3, 0.4) is 0 Å². The molecule has 0 saturated heterocycles. The Balaban J connectivity index is 2.09. The lowest BCUT2D eigenvalue weighted by atomic mass is 10.1. The molecule has 5 heteroatoms. The number of hydrogen-bond acceptors (Lipinski definition) is 3. The van der Waals surface area contributed by atoms with Crippen LogP contribution in [-0.2, 0) is 11.3 Å². The number of amides is 1. The minimum Gasteiger partial charge on any atom is -0.398 e. The number of hydrogen-bond donors (Lipinski definition) is 2. The third-order valence-electron chi connectivity index (χ3n) is 3.65. The number of nitrogens with zero attached hydrogens (tertiary/aromatic N) is 1. The van der Waals surface area contributed by atoms with Gasteiger partial charge in [-0.05, 0) is 46.5 Å². The highest BCUT2D eigenvalue weighted by Crippen LogP contribution is 2.26. The van der Waals surface area contributed by atoms with Crippen molar-refractivity contribution in [3.8, 4) is 0 Å². The maximum atomic E-state index is 11.2. The van der Waals surface area contributed by atoms with E-state index in [0.717, 1.165) is 35.1 Å². The molecule has 19 heavy (non-hydrogen) atoms. The molecule has 1 saturated carbocycles. The first-order chi connectivity index (χ1) is 9.06. The number of carbonyl (C=O) groups is 1. The van der Waals surface area contributed by atoms with Gasteiger partial charge in [-0.15, -0.1) is 0 Å². The van der Waals surface area contributed by atoms with E-state index >= 15 is 0 Å². The zero-order chi connectivity index (χ0) is 13.8. The van der Waals surface area contributed by atoms with Gasteiger partial charge in [0.15, 0.2) is 0 Å². The number of halogens is 1.